The Bertz CT molecular complexity index is 1280. The van der Waals surface area contributed by atoms with E-state index in [2.05, 4.69) is 10.4 Å². The summed E-state index contributed by atoms with van der Waals surface area (Å²) < 4.78 is 35.5. The van der Waals surface area contributed by atoms with Crippen LogP contribution in [0.25, 0.3) is 11.3 Å². The molecule has 1 N–H and O–H groups in total. The molecule has 0 radical (unpaired) electrons. The molecule has 3 aromatic rings. The van der Waals surface area contributed by atoms with Crippen LogP contribution in [0.4, 0.5) is 8.78 Å². The van der Waals surface area contributed by atoms with Crippen molar-refractivity contribution in [1.29, 1.82) is 0 Å². The monoisotopic (exact) mass is 488 g/mol. The van der Waals surface area contributed by atoms with Gasteiger partial charge in [-0.3, -0.25) is 14.3 Å². The SMILES string of the molecule is CC(C)NC(=O)CN(Cc1cc(F)ccc1F)C(=O)c1nn(C)c2c1COc1ccc(Cl)cc1-2. The number of rotatable bonds is 6. The van der Waals surface area contributed by atoms with E-state index in [0.717, 1.165) is 23.1 Å². The summed E-state index contributed by atoms with van der Waals surface area (Å²) >= 11 is 6.16. The molecular formula is C24H23ClF2N4O3. The summed E-state index contributed by atoms with van der Waals surface area (Å²) in [4.78, 5) is 27.2. The molecule has 2 aromatic carbocycles. The predicted octanol–water partition coefficient (Wildman–Crippen LogP) is 4.08. The fraction of sp³-hybridized carbons (Fsp3) is 0.292. The molecule has 0 saturated carbocycles. The molecule has 1 aromatic heterocycles. The molecular weight excluding hydrogens is 466 g/mol. The van der Waals surface area contributed by atoms with Crippen LogP contribution in [0.3, 0.4) is 0 Å². The molecule has 10 heteroatoms. The van der Waals surface area contributed by atoms with Crippen LogP contribution in [0.15, 0.2) is 36.4 Å². The molecule has 7 nitrogen and oxygen atoms in total. The van der Waals surface area contributed by atoms with E-state index in [0.29, 0.717) is 27.6 Å². The summed E-state index contributed by atoms with van der Waals surface area (Å²) in [5.74, 6) is -1.76. The van der Waals surface area contributed by atoms with Crippen molar-refractivity contribution < 1.29 is 23.1 Å². The highest BCUT2D eigenvalue weighted by atomic mass is 35.5. The minimum atomic E-state index is -0.682. The molecule has 4 rings (SSSR count). The quantitative estimate of drug-likeness (QED) is 0.567. The van der Waals surface area contributed by atoms with E-state index >= 15 is 0 Å². The van der Waals surface area contributed by atoms with Crippen LogP contribution >= 0.6 is 11.6 Å². The lowest BCUT2D eigenvalue weighted by molar-refractivity contribution is -0.122. The van der Waals surface area contributed by atoms with E-state index in [4.69, 9.17) is 16.3 Å². The number of aromatic nitrogens is 2. The number of aryl methyl sites for hydroxylation is 1. The van der Waals surface area contributed by atoms with Crippen LogP contribution < -0.4 is 10.1 Å². The Hall–Kier alpha value is -3.46. The van der Waals surface area contributed by atoms with E-state index in [1.165, 1.54) is 0 Å². The van der Waals surface area contributed by atoms with Crippen molar-refractivity contribution in [3.63, 3.8) is 0 Å². The fourth-order valence-corrected chi connectivity index (χ4v) is 4.11. The molecule has 0 unspecified atom stereocenters. The Labute approximate surface area is 200 Å². The number of benzene rings is 2. The van der Waals surface area contributed by atoms with Crippen molar-refractivity contribution in [2.24, 2.45) is 7.05 Å². The van der Waals surface area contributed by atoms with Crippen LogP contribution in [-0.4, -0.2) is 39.1 Å². The Morgan fingerprint density at radius 1 is 1.24 bits per heavy atom. The summed E-state index contributed by atoms with van der Waals surface area (Å²) in [6.45, 7) is 2.97. The third-order valence-corrected chi connectivity index (χ3v) is 5.59. The smallest absolute Gasteiger partial charge is 0.275 e. The van der Waals surface area contributed by atoms with Gasteiger partial charge in [0.05, 0.1) is 5.69 Å². The van der Waals surface area contributed by atoms with Gasteiger partial charge in [0.2, 0.25) is 5.91 Å². The zero-order chi connectivity index (χ0) is 24.6. The van der Waals surface area contributed by atoms with E-state index in [1.54, 1.807) is 43.8 Å². The maximum Gasteiger partial charge on any atom is 0.275 e. The number of amides is 2. The van der Waals surface area contributed by atoms with E-state index in [9.17, 15) is 18.4 Å². The van der Waals surface area contributed by atoms with Crippen LogP contribution in [0.1, 0.15) is 35.5 Å². The van der Waals surface area contributed by atoms with Gasteiger partial charge < -0.3 is 15.0 Å². The van der Waals surface area contributed by atoms with Gasteiger partial charge in [0.1, 0.15) is 30.5 Å². The number of nitrogens with zero attached hydrogens (tertiary/aromatic N) is 3. The highest BCUT2D eigenvalue weighted by Crippen LogP contribution is 2.40. The first kappa shape index (κ1) is 23.7. The number of halogens is 3. The van der Waals surface area contributed by atoms with Crippen molar-refractivity contribution in [3.05, 3.63) is 69.9 Å². The van der Waals surface area contributed by atoms with E-state index < -0.39 is 23.4 Å². The Morgan fingerprint density at radius 3 is 2.74 bits per heavy atom. The summed E-state index contributed by atoms with van der Waals surface area (Å²) in [5.41, 5.74) is 1.89. The molecule has 2 heterocycles. The van der Waals surface area contributed by atoms with Crippen molar-refractivity contribution in [3.8, 4) is 17.0 Å². The second-order valence-corrected chi connectivity index (χ2v) is 8.78. The maximum atomic E-state index is 14.4. The first-order valence-electron chi connectivity index (χ1n) is 10.6. The minimum Gasteiger partial charge on any atom is -0.488 e. The summed E-state index contributed by atoms with van der Waals surface area (Å²) in [6, 6.07) is 7.99. The lowest BCUT2D eigenvalue weighted by Gasteiger charge is -2.24. The summed E-state index contributed by atoms with van der Waals surface area (Å²) in [7, 11) is 1.69. The van der Waals surface area contributed by atoms with Gasteiger partial charge in [0.25, 0.3) is 5.91 Å². The number of ether oxygens (including phenoxy) is 1. The van der Waals surface area contributed by atoms with Gasteiger partial charge in [0.15, 0.2) is 5.69 Å². The lowest BCUT2D eigenvalue weighted by atomic mass is 10.0. The average molecular weight is 489 g/mol. The van der Waals surface area contributed by atoms with Crippen molar-refractivity contribution in [2.45, 2.75) is 33.0 Å². The first-order valence-corrected chi connectivity index (χ1v) is 11.0. The van der Waals surface area contributed by atoms with Crippen LogP contribution in [-0.2, 0) is 25.0 Å². The highest BCUT2D eigenvalue weighted by molar-refractivity contribution is 6.31. The largest absolute Gasteiger partial charge is 0.488 e. The van der Waals surface area contributed by atoms with Crippen LogP contribution in [0.2, 0.25) is 5.02 Å². The van der Waals surface area contributed by atoms with Gasteiger partial charge in [-0.1, -0.05) is 11.6 Å². The molecule has 0 bridgehead atoms. The van der Waals surface area contributed by atoms with Crippen molar-refractivity contribution in [2.75, 3.05) is 6.54 Å². The molecule has 0 spiro atoms. The Morgan fingerprint density at radius 2 is 2.00 bits per heavy atom. The zero-order valence-corrected chi connectivity index (χ0v) is 19.6. The number of carbonyl (C=O) groups is 2. The van der Waals surface area contributed by atoms with Gasteiger partial charge in [-0.15, -0.1) is 0 Å². The second kappa shape index (κ2) is 9.42. The molecule has 0 fully saturated rings. The molecule has 0 atom stereocenters. The van der Waals surface area contributed by atoms with Gasteiger partial charge in [-0.05, 0) is 50.2 Å². The minimum absolute atomic E-state index is 0.0520. The van der Waals surface area contributed by atoms with Gasteiger partial charge >= 0.3 is 0 Å². The standard InChI is InChI=1S/C24H23ClF2N4O3/c1-13(2)28-21(32)11-31(10-14-8-16(26)5-6-19(14)27)24(33)22-18-12-34-20-7-4-15(25)9-17(20)23(18)30(3)29-22/h4-9,13H,10-12H2,1-3H3,(H,28,32). The fourth-order valence-electron chi connectivity index (χ4n) is 3.94. The van der Waals surface area contributed by atoms with E-state index in [-0.39, 0.29) is 37.0 Å². The zero-order valence-electron chi connectivity index (χ0n) is 18.9. The molecule has 34 heavy (non-hydrogen) atoms. The first-order chi connectivity index (χ1) is 16.1. The van der Waals surface area contributed by atoms with Crippen molar-refractivity contribution >= 4 is 23.4 Å². The molecule has 0 saturated heterocycles. The topological polar surface area (TPSA) is 76.5 Å². The normalized spacial score (nSPS) is 12.1. The lowest BCUT2D eigenvalue weighted by Crippen LogP contribution is -2.43. The third kappa shape index (κ3) is 4.75. The van der Waals surface area contributed by atoms with E-state index in [1.807, 2.05) is 0 Å². The second-order valence-electron chi connectivity index (χ2n) is 8.35. The van der Waals surface area contributed by atoms with Gasteiger partial charge in [-0.2, -0.15) is 5.10 Å². The summed E-state index contributed by atoms with van der Waals surface area (Å²) in [5, 5.41) is 7.60. The predicted molar refractivity (Wildman–Crippen MR) is 122 cm³/mol. The van der Waals surface area contributed by atoms with Crippen molar-refractivity contribution in [1.82, 2.24) is 20.0 Å². The van der Waals surface area contributed by atoms with Crippen LogP contribution in [0, 0.1) is 11.6 Å². The number of fused-ring (bicyclic) bond motifs is 3. The van der Waals surface area contributed by atoms with Gasteiger partial charge in [-0.25, -0.2) is 8.78 Å². The average Bonchev–Trinajstić information content (AvgIpc) is 3.11. The number of hydrogen-bond donors (Lipinski definition) is 1. The van der Waals surface area contributed by atoms with Crippen LogP contribution in [0.5, 0.6) is 5.75 Å². The summed E-state index contributed by atoms with van der Waals surface area (Å²) in [6.07, 6.45) is 0. The highest BCUT2D eigenvalue weighted by Gasteiger charge is 2.32. The maximum absolute atomic E-state index is 14.4. The number of carbonyl (C=O) groups excluding carboxylic acids is 2. The number of hydrogen-bond acceptors (Lipinski definition) is 4. The molecule has 0 aliphatic carbocycles. The molecule has 2 amide bonds. The van der Waals surface area contributed by atoms with Gasteiger partial charge in [0, 0.05) is 41.3 Å². The number of nitrogens with one attached hydrogen (secondary N) is 1. The Kier molecular flexibility index (Phi) is 6.56. The molecule has 1 aliphatic heterocycles. The Balaban J connectivity index is 1.73. The molecule has 178 valence electrons. The molecule has 1 aliphatic rings. The third-order valence-electron chi connectivity index (χ3n) is 5.36.